The summed E-state index contributed by atoms with van der Waals surface area (Å²) in [4.78, 5) is 18.8. The van der Waals surface area contributed by atoms with Crippen LogP contribution in [-0.4, -0.2) is 65.8 Å². The number of nitrogens with zero attached hydrogens (tertiary/aromatic N) is 2. The number of carbonyl (C=O) groups excluding carboxylic acids is 1. The number of hydrogen-bond donors (Lipinski definition) is 2. The fraction of sp³-hybridized carbons (Fsp3) is 0.900. The van der Waals surface area contributed by atoms with E-state index >= 15 is 0 Å². The van der Waals surface area contributed by atoms with E-state index in [0.29, 0.717) is 10.7 Å². The predicted molar refractivity (Wildman–Crippen MR) is 115 cm³/mol. The number of thioether (sulfide) groups is 1. The van der Waals surface area contributed by atoms with Gasteiger partial charge in [-0.2, -0.15) is 11.8 Å². The number of amides is 1. The van der Waals surface area contributed by atoms with Crippen molar-refractivity contribution < 1.29 is 9.53 Å². The van der Waals surface area contributed by atoms with Crippen LogP contribution in [0.15, 0.2) is 4.99 Å². The number of carbonyl (C=O) groups is 1. The van der Waals surface area contributed by atoms with E-state index in [-0.39, 0.29) is 6.09 Å². The van der Waals surface area contributed by atoms with Crippen LogP contribution in [0.5, 0.6) is 0 Å². The molecule has 0 radical (unpaired) electrons. The molecule has 2 heterocycles. The maximum atomic E-state index is 12.2. The van der Waals surface area contributed by atoms with Gasteiger partial charge >= 0.3 is 6.09 Å². The number of rotatable bonds is 5. The summed E-state index contributed by atoms with van der Waals surface area (Å²) in [5.74, 6) is 2.73. The first kappa shape index (κ1) is 22.2. The van der Waals surface area contributed by atoms with E-state index in [1.165, 1.54) is 18.6 Å². The van der Waals surface area contributed by atoms with Crippen LogP contribution in [0, 0.1) is 5.92 Å². The molecule has 0 aliphatic carbocycles. The van der Waals surface area contributed by atoms with Crippen molar-refractivity contribution in [2.75, 3.05) is 38.5 Å². The molecule has 27 heavy (non-hydrogen) atoms. The second kappa shape index (κ2) is 9.89. The van der Waals surface area contributed by atoms with Crippen molar-refractivity contribution in [3.05, 3.63) is 0 Å². The van der Waals surface area contributed by atoms with E-state index in [9.17, 15) is 4.79 Å². The number of ether oxygens (including phenoxy) is 1. The lowest BCUT2D eigenvalue weighted by Gasteiger charge is -2.33. The quantitative estimate of drug-likeness (QED) is 0.548. The Morgan fingerprint density at radius 3 is 2.56 bits per heavy atom. The van der Waals surface area contributed by atoms with Crippen LogP contribution in [0.1, 0.15) is 60.3 Å². The minimum atomic E-state index is -0.430. The second-order valence-corrected chi connectivity index (χ2v) is 10.6. The van der Waals surface area contributed by atoms with Crippen LogP contribution >= 0.6 is 11.8 Å². The molecule has 2 aliphatic rings. The van der Waals surface area contributed by atoms with E-state index in [1.807, 2.05) is 37.4 Å². The molecule has 1 amide bonds. The summed E-state index contributed by atoms with van der Waals surface area (Å²) in [6.45, 7) is 14.3. The number of likely N-dealkylation sites (tertiary alicyclic amines) is 1. The Kier molecular flexibility index (Phi) is 8.13. The van der Waals surface area contributed by atoms with E-state index in [1.54, 1.807) is 0 Å². The molecule has 0 aromatic rings. The van der Waals surface area contributed by atoms with Crippen LogP contribution in [0.3, 0.4) is 0 Å². The molecule has 156 valence electrons. The molecule has 0 aromatic heterocycles. The zero-order chi connectivity index (χ0) is 19.9. The first-order chi connectivity index (χ1) is 12.7. The molecule has 6 nitrogen and oxygen atoms in total. The van der Waals surface area contributed by atoms with Crippen molar-refractivity contribution >= 4 is 23.8 Å². The van der Waals surface area contributed by atoms with Gasteiger partial charge in [0.15, 0.2) is 5.96 Å². The van der Waals surface area contributed by atoms with Gasteiger partial charge in [-0.05, 0) is 72.0 Å². The molecule has 7 heteroatoms. The number of piperidine rings is 1. The minimum absolute atomic E-state index is 0.189. The van der Waals surface area contributed by atoms with E-state index in [4.69, 9.17) is 9.73 Å². The molecule has 1 atom stereocenters. The highest BCUT2D eigenvalue weighted by Crippen LogP contribution is 2.37. The number of hydrogen-bond acceptors (Lipinski definition) is 4. The van der Waals surface area contributed by atoms with Crippen LogP contribution in [0.4, 0.5) is 4.79 Å². The third-order valence-corrected chi connectivity index (χ3v) is 6.56. The van der Waals surface area contributed by atoms with E-state index < -0.39 is 5.60 Å². The fourth-order valence-corrected chi connectivity index (χ4v) is 4.66. The lowest BCUT2D eigenvalue weighted by Crippen LogP contribution is -2.45. The van der Waals surface area contributed by atoms with Crippen molar-refractivity contribution in [3.8, 4) is 0 Å². The summed E-state index contributed by atoms with van der Waals surface area (Å²) in [5.41, 5.74) is -0.430. The van der Waals surface area contributed by atoms with Gasteiger partial charge in [0.1, 0.15) is 5.60 Å². The molecule has 2 fully saturated rings. The number of nitrogens with one attached hydrogen (secondary N) is 2. The SMILES string of the molecule is CCNC(=NCC1(C)CCCS1)NCC1CCN(C(=O)OC(C)(C)C)CC1. The molecule has 2 aliphatic heterocycles. The normalized spacial score (nSPS) is 24.8. The van der Waals surface area contributed by atoms with Gasteiger partial charge in [0.2, 0.25) is 0 Å². The Bertz CT molecular complexity index is 505. The van der Waals surface area contributed by atoms with Gasteiger partial charge in [0.05, 0.1) is 6.54 Å². The molecular formula is C20H38N4O2S. The maximum absolute atomic E-state index is 12.2. The van der Waals surface area contributed by atoms with Crippen LogP contribution in [-0.2, 0) is 4.74 Å². The van der Waals surface area contributed by atoms with Crippen LogP contribution in [0.25, 0.3) is 0 Å². The Morgan fingerprint density at radius 2 is 2.00 bits per heavy atom. The standard InChI is InChI=1S/C20H38N4O2S/c1-6-21-17(23-15-20(5)10-7-13-27-20)22-14-16-8-11-24(12-9-16)18(25)26-19(2,3)4/h16H,6-15H2,1-5H3,(H2,21,22,23). The first-order valence-corrected chi connectivity index (χ1v) is 11.3. The van der Waals surface area contributed by atoms with Crippen molar-refractivity contribution in [2.45, 2.75) is 70.7 Å². The largest absolute Gasteiger partial charge is 0.444 e. The summed E-state index contributed by atoms with van der Waals surface area (Å²) in [6, 6.07) is 0. The molecule has 0 spiro atoms. The summed E-state index contributed by atoms with van der Waals surface area (Å²) in [5, 5.41) is 6.87. The van der Waals surface area contributed by atoms with Gasteiger partial charge in [-0.15, -0.1) is 0 Å². The predicted octanol–water partition coefficient (Wildman–Crippen LogP) is 3.47. The van der Waals surface area contributed by atoms with Gasteiger partial charge in [0, 0.05) is 30.9 Å². The van der Waals surface area contributed by atoms with Gasteiger partial charge in [-0.1, -0.05) is 0 Å². The molecular weight excluding hydrogens is 360 g/mol. The molecule has 0 bridgehead atoms. The van der Waals surface area contributed by atoms with E-state index in [2.05, 4.69) is 24.5 Å². The van der Waals surface area contributed by atoms with Crippen LogP contribution < -0.4 is 10.6 Å². The second-order valence-electron chi connectivity index (χ2n) is 8.89. The molecule has 0 aromatic carbocycles. The topological polar surface area (TPSA) is 66.0 Å². The van der Waals surface area contributed by atoms with Crippen molar-refractivity contribution in [1.29, 1.82) is 0 Å². The highest BCUT2D eigenvalue weighted by Gasteiger charge is 2.29. The van der Waals surface area contributed by atoms with Crippen molar-refractivity contribution in [2.24, 2.45) is 10.9 Å². The van der Waals surface area contributed by atoms with E-state index in [0.717, 1.165) is 51.5 Å². The smallest absolute Gasteiger partial charge is 0.410 e. The van der Waals surface area contributed by atoms with Gasteiger partial charge in [0.25, 0.3) is 0 Å². The lowest BCUT2D eigenvalue weighted by atomic mass is 9.97. The third-order valence-electron chi connectivity index (χ3n) is 5.04. The Hall–Kier alpha value is -1.11. The molecule has 2 N–H and O–H groups in total. The minimum Gasteiger partial charge on any atom is -0.444 e. The molecule has 2 rings (SSSR count). The average Bonchev–Trinajstić information content (AvgIpc) is 3.03. The molecule has 0 saturated carbocycles. The fourth-order valence-electron chi connectivity index (χ4n) is 3.44. The van der Waals surface area contributed by atoms with Crippen molar-refractivity contribution in [3.63, 3.8) is 0 Å². The zero-order valence-electron chi connectivity index (χ0n) is 17.8. The zero-order valence-corrected chi connectivity index (χ0v) is 18.6. The maximum Gasteiger partial charge on any atom is 0.410 e. The van der Waals surface area contributed by atoms with Gasteiger partial charge in [-0.25, -0.2) is 4.79 Å². The summed E-state index contributed by atoms with van der Waals surface area (Å²) in [6.07, 6.45) is 4.37. The summed E-state index contributed by atoms with van der Waals surface area (Å²) < 4.78 is 5.77. The Morgan fingerprint density at radius 1 is 1.30 bits per heavy atom. The highest BCUT2D eigenvalue weighted by molar-refractivity contribution is 8.00. The summed E-state index contributed by atoms with van der Waals surface area (Å²) in [7, 11) is 0. The molecule has 2 saturated heterocycles. The number of aliphatic imine (C=N–C) groups is 1. The Labute approximate surface area is 169 Å². The van der Waals surface area contributed by atoms with Gasteiger partial charge < -0.3 is 20.3 Å². The van der Waals surface area contributed by atoms with Crippen molar-refractivity contribution in [1.82, 2.24) is 15.5 Å². The first-order valence-electron chi connectivity index (χ1n) is 10.3. The molecule has 1 unspecified atom stereocenters. The average molecular weight is 399 g/mol. The Balaban J connectivity index is 1.75. The summed E-state index contributed by atoms with van der Waals surface area (Å²) >= 11 is 2.05. The number of guanidine groups is 1. The lowest BCUT2D eigenvalue weighted by molar-refractivity contribution is 0.0185. The van der Waals surface area contributed by atoms with Crippen LogP contribution in [0.2, 0.25) is 0 Å². The third kappa shape index (κ3) is 7.80. The van der Waals surface area contributed by atoms with Gasteiger partial charge in [-0.3, -0.25) is 4.99 Å². The highest BCUT2D eigenvalue weighted by atomic mass is 32.2. The monoisotopic (exact) mass is 398 g/mol.